The van der Waals surface area contributed by atoms with Crippen molar-refractivity contribution in [2.45, 2.75) is 26.3 Å². The van der Waals surface area contributed by atoms with Crippen LogP contribution in [0.25, 0.3) is 6.08 Å². The number of carbonyl (C=O) groups excluding carboxylic acids is 2. The number of thiophene rings is 1. The van der Waals surface area contributed by atoms with Gasteiger partial charge in [-0.2, -0.15) is 0 Å². The van der Waals surface area contributed by atoms with Gasteiger partial charge >= 0.3 is 0 Å². The summed E-state index contributed by atoms with van der Waals surface area (Å²) in [6, 6.07) is 11.9. The standard InChI is InChI=1S/C22H26N2O2S/c1-17-12-15-27-20(17)16-23(2)22(26)19-10-13-24(14-11-19)21(25)9-8-18-6-4-3-5-7-18/h3-9,12,15,19H,10-11,13-14,16H2,1-2H3/b9-8+. The summed E-state index contributed by atoms with van der Waals surface area (Å²) in [5.74, 6) is 0.222. The minimum Gasteiger partial charge on any atom is -0.340 e. The predicted octanol–water partition coefficient (Wildman–Crippen LogP) is 3.97. The summed E-state index contributed by atoms with van der Waals surface area (Å²) < 4.78 is 0. The molecule has 2 aromatic rings. The Balaban J connectivity index is 1.49. The van der Waals surface area contributed by atoms with Crippen LogP contribution in [0.2, 0.25) is 0 Å². The molecule has 2 amide bonds. The Bertz CT molecular complexity index is 805. The number of hydrogen-bond acceptors (Lipinski definition) is 3. The van der Waals surface area contributed by atoms with Crippen LogP contribution in [-0.4, -0.2) is 41.8 Å². The Morgan fingerprint density at radius 1 is 1.19 bits per heavy atom. The van der Waals surface area contributed by atoms with E-state index in [2.05, 4.69) is 18.4 Å². The van der Waals surface area contributed by atoms with Crippen LogP contribution in [0.5, 0.6) is 0 Å². The van der Waals surface area contributed by atoms with Crippen molar-refractivity contribution in [1.82, 2.24) is 9.80 Å². The molecule has 1 saturated heterocycles. The minimum absolute atomic E-state index is 0.0115. The normalized spacial score (nSPS) is 15.3. The second-order valence-corrected chi connectivity index (χ2v) is 8.07. The van der Waals surface area contributed by atoms with Gasteiger partial charge in [-0.05, 0) is 48.4 Å². The molecule has 0 radical (unpaired) electrons. The predicted molar refractivity (Wildman–Crippen MR) is 110 cm³/mol. The molecule has 4 nitrogen and oxygen atoms in total. The first-order valence-corrected chi connectivity index (χ1v) is 10.2. The molecule has 3 rings (SSSR count). The largest absolute Gasteiger partial charge is 0.340 e. The van der Waals surface area contributed by atoms with Crippen LogP contribution in [0.4, 0.5) is 0 Å². The number of rotatable bonds is 5. The van der Waals surface area contributed by atoms with Crippen LogP contribution in [0, 0.1) is 12.8 Å². The number of aryl methyl sites for hydroxylation is 1. The fourth-order valence-corrected chi connectivity index (χ4v) is 4.31. The van der Waals surface area contributed by atoms with Gasteiger partial charge in [0.15, 0.2) is 0 Å². The van der Waals surface area contributed by atoms with E-state index in [-0.39, 0.29) is 17.7 Å². The van der Waals surface area contributed by atoms with Gasteiger partial charge in [0.25, 0.3) is 0 Å². The zero-order chi connectivity index (χ0) is 19.2. The third-order valence-electron chi connectivity index (χ3n) is 5.10. The lowest BCUT2D eigenvalue weighted by Crippen LogP contribution is -2.42. The molecule has 0 spiro atoms. The highest BCUT2D eigenvalue weighted by Gasteiger charge is 2.28. The number of likely N-dealkylation sites (tertiary alicyclic amines) is 1. The molecule has 0 N–H and O–H groups in total. The molecular weight excluding hydrogens is 356 g/mol. The van der Waals surface area contributed by atoms with E-state index in [1.165, 1.54) is 10.4 Å². The lowest BCUT2D eigenvalue weighted by Gasteiger charge is -2.32. The van der Waals surface area contributed by atoms with Gasteiger partial charge in [-0.15, -0.1) is 11.3 Å². The Kier molecular flexibility index (Phi) is 6.45. The molecule has 142 valence electrons. The average molecular weight is 383 g/mol. The zero-order valence-corrected chi connectivity index (χ0v) is 16.7. The molecule has 0 atom stereocenters. The van der Waals surface area contributed by atoms with E-state index in [0.717, 1.165) is 18.4 Å². The number of benzene rings is 1. The van der Waals surface area contributed by atoms with E-state index in [0.29, 0.717) is 19.6 Å². The number of carbonyl (C=O) groups is 2. The van der Waals surface area contributed by atoms with E-state index >= 15 is 0 Å². The van der Waals surface area contributed by atoms with E-state index in [4.69, 9.17) is 0 Å². The molecule has 1 aromatic heterocycles. The van der Waals surface area contributed by atoms with E-state index in [9.17, 15) is 9.59 Å². The number of nitrogens with zero attached hydrogens (tertiary/aromatic N) is 2. The first-order chi connectivity index (χ1) is 13.0. The number of piperidine rings is 1. The van der Waals surface area contributed by atoms with Crippen molar-refractivity contribution in [3.8, 4) is 0 Å². The van der Waals surface area contributed by atoms with Gasteiger partial charge < -0.3 is 9.80 Å². The van der Waals surface area contributed by atoms with E-state index in [1.807, 2.05) is 53.3 Å². The van der Waals surface area contributed by atoms with Gasteiger partial charge in [0, 0.05) is 37.0 Å². The van der Waals surface area contributed by atoms with Crippen LogP contribution in [0.1, 0.15) is 28.8 Å². The molecule has 5 heteroatoms. The molecule has 1 aliphatic rings. The van der Waals surface area contributed by atoms with Gasteiger partial charge in [-0.1, -0.05) is 30.3 Å². The van der Waals surface area contributed by atoms with Crippen molar-refractivity contribution >= 4 is 29.2 Å². The molecule has 2 heterocycles. The molecule has 1 fully saturated rings. The van der Waals surface area contributed by atoms with Crippen molar-refractivity contribution in [1.29, 1.82) is 0 Å². The Labute approximate surface area is 165 Å². The summed E-state index contributed by atoms with van der Waals surface area (Å²) >= 11 is 1.70. The quantitative estimate of drug-likeness (QED) is 0.734. The maximum atomic E-state index is 12.7. The van der Waals surface area contributed by atoms with Gasteiger partial charge in [0.2, 0.25) is 11.8 Å². The molecule has 1 aliphatic heterocycles. The summed E-state index contributed by atoms with van der Waals surface area (Å²) in [7, 11) is 1.88. The summed E-state index contributed by atoms with van der Waals surface area (Å²) in [5, 5.41) is 2.07. The molecule has 0 aliphatic carbocycles. The van der Waals surface area contributed by atoms with Crippen molar-refractivity contribution < 1.29 is 9.59 Å². The fraction of sp³-hybridized carbons (Fsp3) is 0.364. The van der Waals surface area contributed by atoms with Gasteiger partial charge in [-0.3, -0.25) is 9.59 Å². The summed E-state index contributed by atoms with van der Waals surface area (Å²) in [6.07, 6.45) is 4.94. The highest BCUT2D eigenvalue weighted by atomic mass is 32.1. The molecule has 1 aromatic carbocycles. The zero-order valence-electron chi connectivity index (χ0n) is 15.9. The van der Waals surface area contributed by atoms with Crippen LogP contribution in [-0.2, 0) is 16.1 Å². The average Bonchev–Trinajstić information content (AvgIpc) is 3.11. The maximum Gasteiger partial charge on any atom is 0.246 e. The Morgan fingerprint density at radius 2 is 1.89 bits per heavy atom. The van der Waals surface area contributed by atoms with Crippen LogP contribution < -0.4 is 0 Å². The SMILES string of the molecule is Cc1ccsc1CN(C)C(=O)C1CCN(C(=O)/C=C/c2ccccc2)CC1. The Hall–Kier alpha value is -2.40. The first kappa shape index (κ1) is 19.4. The molecular formula is C22H26N2O2S. The highest BCUT2D eigenvalue weighted by Crippen LogP contribution is 2.23. The third-order valence-corrected chi connectivity index (χ3v) is 6.11. The summed E-state index contributed by atoms with van der Waals surface area (Å²) in [4.78, 5) is 30.0. The van der Waals surface area contributed by atoms with Crippen LogP contribution >= 0.6 is 11.3 Å². The van der Waals surface area contributed by atoms with Gasteiger partial charge in [0.1, 0.15) is 0 Å². The lowest BCUT2D eigenvalue weighted by molar-refractivity contribution is -0.138. The highest BCUT2D eigenvalue weighted by molar-refractivity contribution is 7.10. The smallest absolute Gasteiger partial charge is 0.246 e. The molecule has 0 saturated carbocycles. The van der Waals surface area contributed by atoms with Crippen molar-refractivity contribution in [3.63, 3.8) is 0 Å². The summed E-state index contributed by atoms with van der Waals surface area (Å²) in [6.45, 7) is 4.03. The molecule has 0 unspecified atom stereocenters. The van der Waals surface area contributed by atoms with Crippen LogP contribution in [0.3, 0.4) is 0 Å². The van der Waals surface area contributed by atoms with Gasteiger partial charge in [-0.25, -0.2) is 0 Å². The van der Waals surface area contributed by atoms with Crippen LogP contribution in [0.15, 0.2) is 47.9 Å². The molecule has 0 bridgehead atoms. The van der Waals surface area contributed by atoms with Gasteiger partial charge in [0.05, 0.1) is 6.54 Å². The summed E-state index contributed by atoms with van der Waals surface area (Å²) in [5.41, 5.74) is 2.26. The number of amides is 2. The third kappa shape index (κ3) is 5.07. The van der Waals surface area contributed by atoms with E-state index < -0.39 is 0 Å². The monoisotopic (exact) mass is 382 g/mol. The Morgan fingerprint density at radius 3 is 2.52 bits per heavy atom. The lowest BCUT2D eigenvalue weighted by atomic mass is 9.95. The fourth-order valence-electron chi connectivity index (χ4n) is 3.35. The van der Waals surface area contributed by atoms with E-state index in [1.54, 1.807) is 17.4 Å². The second kappa shape index (κ2) is 9.00. The first-order valence-electron chi connectivity index (χ1n) is 9.34. The minimum atomic E-state index is 0.0115. The number of hydrogen-bond donors (Lipinski definition) is 0. The maximum absolute atomic E-state index is 12.7. The molecule has 27 heavy (non-hydrogen) atoms. The topological polar surface area (TPSA) is 40.6 Å². The van der Waals surface area contributed by atoms with Crippen molar-refractivity contribution in [3.05, 3.63) is 63.9 Å². The second-order valence-electron chi connectivity index (χ2n) is 7.06. The van der Waals surface area contributed by atoms with Crippen molar-refractivity contribution in [2.75, 3.05) is 20.1 Å². The van der Waals surface area contributed by atoms with Crippen molar-refractivity contribution in [2.24, 2.45) is 5.92 Å².